The summed E-state index contributed by atoms with van der Waals surface area (Å²) in [5.74, 6) is -3.89. The number of carboxylic acids is 1. The number of aliphatic carboxylic acids is 1. The molecule has 21 heteroatoms. The van der Waals surface area contributed by atoms with E-state index in [9.17, 15) is 37.3 Å². The quantitative estimate of drug-likeness (QED) is 0.0662. The lowest BCUT2D eigenvalue weighted by molar-refractivity contribution is -0.161. The lowest BCUT2D eigenvalue weighted by Crippen LogP contribution is -2.73. The number of nitrogens with two attached hydrogens (primary N) is 1. The highest BCUT2D eigenvalue weighted by Crippen LogP contribution is 2.25. The van der Waals surface area contributed by atoms with Crippen LogP contribution in [0, 0.1) is 0 Å². The van der Waals surface area contributed by atoms with E-state index in [1.807, 2.05) is 0 Å². The monoisotopic (exact) mass is 616 g/mol. The number of anilines is 1. The van der Waals surface area contributed by atoms with Crippen LogP contribution in [0.3, 0.4) is 0 Å². The second kappa shape index (κ2) is 12.1. The van der Waals surface area contributed by atoms with Gasteiger partial charge in [-0.3, -0.25) is 18.9 Å². The molecular weight excluding hydrogens is 588 g/mol. The Hall–Kier alpha value is -4.21. The zero-order chi connectivity index (χ0) is 30.7. The average Bonchev–Trinajstić information content (AvgIpc) is 3.48. The third-order valence-corrected chi connectivity index (χ3v) is 7.07. The van der Waals surface area contributed by atoms with Crippen LogP contribution in [0.15, 0.2) is 16.7 Å². The lowest BCUT2D eigenvalue weighted by atomic mass is 9.98. The molecule has 224 valence electrons. The zero-order valence-electron chi connectivity index (χ0n) is 22.2. The maximum atomic E-state index is 13.2. The minimum atomic E-state index is -5.03. The molecule has 2 aromatic heterocycles. The van der Waals surface area contributed by atoms with Gasteiger partial charge in [-0.1, -0.05) is 10.4 Å². The second-order valence-electron chi connectivity index (χ2n) is 9.49. The van der Waals surface area contributed by atoms with Crippen LogP contribution >= 0.6 is 11.3 Å². The maximum Gasteiger partial charge on any atom is 0.362 e. The number of nitrogen functional groups attached to an aromatic ring is 1. The van der Waals surface area contributed by atoms with Gasteiger partial charge in [-0.2, -0.15) is 8.42 Å². The van der Waals surface area contributed by atoms with E-state index in [4.69, 9.17) is 10.6 Å². The molecule has 19 nitrogen and oxygen atoms in total. The molecule has 0 spiro atoms. The molecule has 2 aromatic rings. The van der Waals surface area contributed by atoms with Crippen molar-refractivity contribution in [3.05, 3.63) is 23.0 Å². The predicted molar refractivity (Wildman–Crippen MR) is 140 cm³/mol. The van der Waals surface area contributed by atoms with E-state index >= 15 is 0 Å². The lowest BCUT2D eigenvalue weighted by Gasteiger charge is -2.43. The van der Waals surface area contributed by atoms with Crippen molar-refractivity contribution in [2.75, 3.05) is 26.4 Å². The molecule has 0 radical (unpaired) electrons. The van der Waals surface area contributed by atoms with Crippen molar-refractivity contribution in [3.8, 4) is 0 Å². The van der Waals surface area contributed by atoms with Gasteiger partial charge in [0.05, 0.1) is 31.9 Å². The first kappa shape index (κ1) is 31.3. The standard InChI is InChI=1S/C20H28N10O9S2/c1-20(2,18(34)35)39-26-14(11-9-40-19(21)23-11)16(32)24-15-12(30(17(15)33)41(36,37)38)7-29-6-10(25-27-29)5-22-13(31)8-28(3)4/h6,9,12,15H,5,7-8H2,1-4H3,(H2,21,23)(H,22,31)(H,24,32)(H,34,35)(H,36,37,38)/b26-14+/t12-,15+/m1/s1. The van der Waals surface area contributed by atoms with Gasteiger partial charge in [0.25, 0.3) is 11.8 Å². The summed E-state index contributed by atoms with van der Waals surface area (Å²) in [7, 11) is -1.59. The Morgan fingerprint density at radius 3 is 2.56 bits per heavy atom. The van der Waals surface area contributed by atoms with Crippen molar-refractivity contribution in [1.29, 1.82) is 0 Å². The number of oxime groups is 1. The van der Waals surface area contributed by atoms with Gasteiger partial charge in [-0.15, -0.1) is 16.4 Å². The number of hydrogen-bond acceptors (Lipinski definition) is 14. The van der Waals surface area contributed by atoms with Crippen LogP contribution in [0.1, 0.15) is 25.2 Å². The smallest absolute Gasteiger partial charge is 0.362 e. The van der Waals surface area contributed by atoms with Crippen LogP contribution < -0.4 is 16.4 Å². The van der Waals surface area contributed by atoms with Crippen LogP contribution in [-0.2, 0) is 47.4 Å². The van der Waals surface area contributed by atoms with E-state index in [0.29, 0.717) is 5.69 Å². The molecule has 0 aliphatic carbocycles. The van der Waals surface area contributed by atoms with E-state index in [2.05, 4.69) is 31.1 Å². The molecule has 1 aliphatic rings. The van der Waals surface area contributed by atoms with Gasteiger partial charge in [0.15, 0.2) is 10.8 Å². The van der Waals surface area contributed by atoms with E-state index in [-0.39, 0.29) is 40.7 Å². The molecule has 1 aliphatic heterocycles. The average molecular weight is 617 g/mol. The number of carbonyl (C=O) groups excluding carboxylic acids is 3. The summed E-state index contributed by atoms with van der Waals surface area (Å²) < 4.78 is 34.7. The summed E-state index contributed by atoms with van der Waals surface area (Å²) in [4.78, 5) is 59.7. The van der Waals surface area contributed by atoms with Crippen LogP contribution in [-0.4, -0.2) is 115 Å². The van der Waals surface area contributed by atoms with Gasteiger partial charge in [0, 0.05) is 5.38 Å². The Kier molecular flexibility index (Phi) is 9.26. The number of carboxylic acid groups (broad SMARTS) is 1. The number of rotatable bonds is 13. The number of nitrogens with zero attached hydrogens (tertiary/aromatic N) is 7. The summed E-state index contributed by atoms with van der Waals surface area (Å²) in [5, 5.41) is 27.0. The molecule has 6 N–H and O–H groups in total. The number of carbonyl (C=O) groups is 4. The van der Waals surface area contributed by atoms with Gasteiger partial charge in [0.1, 0.15) is 17.4 Å². The first-order chi connectivity index (χ1) is 19.0. The molecule has 1 fully saturated rings. The number of nitrogens with one attached hydrogen (secondary N) is 2. The molecule has 2 atom stereocenters. The summed E-state index contributed by atoms with van der Waals surface area (Å²) in [6.07, 6.45) is 1.38. The number of thiazole rings is 1. The van der Waals surface area contributed by atoms with Crippen molar-refractivity contribution in [2.45, 2.75) is 44.6 Å². The first-order valence-electron chi connectivity index (χ1n) is 11.6. The number of aromatic nitrogens is 4. The Labute approximate surface area is 237 Å². The summed E-state index contributed by atoms with van der Waals surface area (Å²) >= 11 is 0.945. The van der Waals surface area contributed by atoms with Crippen LogP contribution in [0.5, 0.6) is 0 Å². The van der Waals surface area contributed by atoms with Gasteiger partial charge in [-0.05, 0) is 27.9 Å². The SMILES string of the molecule is CN(C)CC(=O)NCc1cn(C[C@@H]2[C@H](NC(=O)/C(=N/OC(C)(C)C(=O)O)c3csc(N)n3)C(=O)N2S(=O)(=O)O)nn1. The fourth-order valence-corrected chi connectivity index (χ4v) is 4.80. The summed E-state index contributed by atoms with van der Waals surface area (Å²) in [6, 6.07) is -2.84. The Morgan fingerprint density at radius 1 is 1.32 bits per heavy atom. The van der Waals surface area contributed by atoms with Crippen molar-refractivity contribution < 1.29 is 42.1 Å². The van der Waals surface area contributed by atoms with Crippen molar-refractivity contribution in [2.24, 2.45) is 5.16 Å². The second-order valence-corrected chi connectivity index (χ2v) is 11.7. The normalized spacial score (nSPS) is 17.8. The number of β-lactam (4-membered cyclic amide) rings is 1. The fraction of sp³-hybridized carbons (Fsp3) is 0.500. The summed E-state index contributed by atoms with van der Waals surface area (Å²) in [6.45, 7) is 2.18. The third kappa shape index (κ3) is 7.71. The Morgan fingerprint density at radius 2 is 2.00 bits per heavy atom. The minimum absolute atomic E-state index is 0.0156. The topological polar surface area (TPSA) is 265 Å². The molecule has 0 bridgehead atoms. The number of amides is 3. The molecule has 3 heterocycles. The Bertz CT molecular complexity index is 1470. The molecular formula is C20H28N10O9S2. The van der Waals surface area contributed by atoms with E-state index in [0.717, 1.165) is 16.0 Å². The van der Waals surface area contributed by atoms with Gasteiger partial charge >= 0.3 is 16.3 Å². The van der Waals surface area contributed by atoms with E-state index in [1.165, 1.54) is 25.4 Å². The molecule has 41 heavy (non-hydrogen) atoms. The van der Waals surface area contributed by atoms with Crippen molar-refractivity contribution in [3.63, 3.8) is 0 Å². The maximum absolute atomic E-state index is 13.2. The minimum Gasteiger partial charge on any atom is -0.478 e. The zero-order valence-corrected chi connectivity index (χ0v) is 23.8. The van der Waals surface area contributed by atoms with Gasteiger partial charge < -0.3 is 31.2 Å². The van der Waals surface area contributed by atoms with Crippen LogP contribution in [0.25, 0.3) is 0 Å². The molecule has 3 amide bonds. The predicted octanol–water partition coefficient (Wildman–Crippen LogP) is -2.72. The largest absolute Gasteiger partial charge is 0.478 e. The van der Waals surface area contributed by atoms with Crippen LogP contribution in [0.2, 0.25) is 0 Å². The molecule has 0 aromatic carbocycles. The highest BCUT2D eigenvalue weighted by molar-refractivity contribution is 7.84. The first-order valence-corrected chi connectivity index (χ1v) is 13.9. The van der Waals surface area contributed by atoms with Gasteiger partial charge in [-0.25, -0.2) is 18.8 Å². The molecule has 1 saturated heterocycles. The number of likely N-dealkylation sites (N-methyl/N-ethyl adjacent to an activating group) is 1. The van der Waals surface area contributed by atoms with Crippen molar-refractivity contribution in [1.82, 2.24) is 39.8 Å². The fourth-order valence-electron chi connectivity index (χ4n) is 3.38. The van der Waals surface area contributed by atoms with Gasteiger partial charge in [0.2, 0.25) is 11.5 Å². The molecule has 3 rings (SSSR count). The van der Waals surface area contributed by atoms with Crippen LogP contribution in [0.4, 0.5) is 5.13 Å². The number of hydrogen-bond donors (Lipinski definition) is 5. The van der Waals surface area contributed by atoms with E-state index in [1.54, 1.807) is 19.0 Å². The molecule has 0 unspecified atom stereocenters. The van der Waals surface area contributed by atoms with E-state index < -0.39 is 51.5 Å². The molecule has 0 saturated carbocycles. The summed E-state index contributed by atoms with van der Waals surface area (Å²) in [5.41, 5.74) is 3.46. The third-order valence-electron chi connectivity index (χ3n) is 5.45. The highest BCUT2D eigenvalue weighted by Gasteiger charge is 2.54. The highest BCUT2D eigenvalue weighted by atomic mass is 32.2. The Balaban J connectivity index is 1.81. The van der Waals surface area contributed by atoms with Crippen molar-refractivity contribution >= 4 is 56.2 Å².